The van der Waals surface area contributed by atoms with E-state index in [1.54, 1.807) is 0 Å². The summed E-state index contributed by atoms with van der Waals surface area (Å²) in [6, 6.07) is 5.22. The first kappa shape index (κ1) is 29.1. The molecular formula is C30H39ClF3NO3Si. The van der Waals surface area contributed by atoms with Gasteiger partial charge in [0.15, 0.2) is 8.32 Å². The molecule has 0 saturated carbocycles. The molecular weight excluding hydrogens is 543 g/mol. The number of halogens is 4. The standard InChI is InChI=1S/C30H39ClF3NO3Si/c1-27(2,3)39(6,7)38-21-17-28(4,5)16-20-22(21)24-23(26(31)35-20)25(37-29(24)12-14-36-15-13-29)18-8-10-19(11-9-18)30(32,33)34/h8-11,21,25H,12-17H2,1-7H3. The van der Waals surface area contributed by atoms with Gasteiger partial charge < -0.3 is 13.9 Å². The summed E-state index contributed by atoms with van der Waals surface area (Å²) in [6.45, 7) is 16.8. The first-order valence-electron chi connectivity index (χ1n) is 13.8. The van der Waals surface area contributed by atoms with Crippen molar-refractivity contribution in [3.8, 4) is 0 Å². The number of hydrogen-bond donors (Lipinski definition) is 0. The smallest absolute Gasteiger partial charge is 0.410 e. The quantitative estimate of drug-likeness (QED) is 0.268. The van der Waals surface area contributed by atoms with E-state index in [2.05, 4.69) is 47.7 Å². The van der Waals surface area contributed by atoms with Crippen LogP contribution in [0.1, 0.15) is 99.6 Å². The minimum atomic E-state index is -4.41. The lowest BCUT2D eigenvalue weighted by Crippen LogP contribution is -2.44. The molecule has 0 N–H and O–H groups in total. The third-order valence-electron chi connectivity index (χ3n) is 9.16. The van der Waals surface area contributed by atoms with Crippen LogP contribution in [-0.4, -0.2) is 26.5 Å². The highest BCUT2D eigenvalue weighted by Crippen LogP contribution is 2.59. The molecule has 1 aromatic heterocycles. The minimum absolute atomic E-state index is 0.0212. The summed E-state index contributed by atoms with van der Waals surface area (Å²) in [5.74, 6) is 0. The molecule has 1 spiro atoms. The lowest BCUT2D eigenvalue weighted by Gasteiger charge is -2.46. The van der Waals surface area contributed by atoms with E-state index < -0.39 is 31.8 Å². The monoisotopic (exact) mass is 581 g/mol. The second-order valence-electron chi connectivity index (χ2n) is 13.7. The van der Waals surface area contributed by atoms with Crippen LogP contribution in [0.4, 0.5) is 13.2 Å². The number of rotatable bonds is 3. The van der Waals surface area contributed by atoms with Crippen LogP contribution in [0.2, 0.25) is 23.3 Å². The van der Waals surface area contributed by atoms with E-state index in [9.17, 15) is 13.2 Å². The van der Waals surface area contributed by atoms with Crippen LogP contribution in [0.15, 0.2) is 24.3 Å². The van der Waals surface area contributed by atoms with Gasteiger partial charge in [0.25, 0.3) is 0 Å². The van der Waals surface area contributed by atoms with E-state index in [0.717, 1.165) is 47.4 Å². The Bertz CT molecular complexity index is 1250. The maximum Gasteiger partial charge on any atom is 0.416 e. The molecule has 3 heterocycles. The van der Waals surface area contributed by atoms with Gasteiger partial charge >= 0.3 is 6.18 Å². The molecule has 1 saturated heterocycles. The average molecular weight is 582 g/mol. The van der Waals surface area contributed by atoms with E-state index in [0.29, 0.717) is 36.8 Å². The van der Waals surface area contributed by atoms with Gasteiger partial charge in [0, 0.05) is 48.4 Å². The summed E-state index contributed by atoms with van der Waals surface area (Å²) in [6.07, 6.45) is -2.30. The Balaban J connectivity index is 1.70. The van der Waals surface area contributed by atoms with Crippen LogP contribution in [-0.2, 0) is 32.1 Å². The number of aromatic nitrogens is 1. The fourth-order valence-corrected chi connectivity index (χ4v) is 7.66. The molecule has 0 bridgehead atoms. The van der Waals surface area contributed by atoms with Crippen molar-refractivity contribution < 1.29 is 27.1 Å². The molecule has 1 fully saturated rings. The molecule has 2 aromatic rings. The van der Waals surface area contributed by atoms with Crippen LogP contribution in [0, 0.1) is 5.41 Å². The SMILES string of the molecule is CC1(C)Cc2nc(Cl)c3c(c2C(O[Si](C)(C)C(C)(C)C)C1)C1(CCOCC1)OC3c1ccc(C(F)(F)F)cc1. The molecule has 5 rings (SSSR count). The molecule has 3 aliphatic rings. The van der Waals surface area contributed by atoms with Gasteiger partial charge in [0.2, 0.25) is 0 Å². The van der Waals surface area contributed by atoms with Crippen molar-refractivity contribution in [1.82, 2.24) is 4.98 Å². The van der Waals surface area contributed by atoms with Crippen molar-refractivity contribution >= 4 is 19.9 Å². The van der Waals surface area contributed by atoms with Crippen LogP contribution in [0.5, 0.6) is 0 Å². The number of ether oxygens (including phenoxy) is 2. The zero-order chi connectivity index (χ0) is 28.6. The zero-order valence-corrected chi connectivity index (χ0v) is 25.6. The van der Waals surface area contributed by atoms with Gasteiger partial charge in [0.1, 0.15) is 11.3 Å². The molecule has 214 valence electrons. The molecule has 2 aliphatic heterocycles. The van der Waals surface area contributed by atoms with E-state index >= 15 is 0 Å². The Kier molecular flexibility index (Phi) is 7.11. The van der Waals surface area contributed by atoms with Crippen molar-refractivity contribution in [1.29, 1.82) is 0 Å². The summed E-state index contributed by atoms with van der Waals surface area (Å²) in [5.41, 5.74) is 3.08. The lowest BCUT2D eigenvalue weighted by molar-refractivity contribution is -0.137. The van der Waals surface area contributed by atoms with Gasteiger partial charge in [-0.1, -0.05) is 58.4 Å². The normalized spacial score (nSPS) is 24.5. The molecule has 2 atom stereocenters. The first-order valence-corrected chi connectivity index (χ1v) is 17.1. The molecule has 1 aromatic carbocycles. The Hall–Kier alpha value is -1.45. The third kappa shape index (κ3) is 5.20. The molecule has 9 heteroatoms. The molecule has 2 unspecified atom stereocenters. The van der Waals surface area contributed by atoms with Gasteiger partial charge in [-0.25, -0.2) is 4.98 Å². The van der Waals surface area contributed by atoms with Crippen LogP contribution in [0.25, 0.3) is 0 Å². The highest BCUT2D eigenvalue weighted by atomic mass is 35.5. The van der Waals surface area contributed by atoms with E-state index in [-0.39, 0.29) is 16.6 Å². The highest BCUT2D eigenvalue weighted by Gasteiger charge is 2.53. The second kappa shape index (κ2) is 9.55. The maximum absolute atomic E-state index is 13.3. The number of fused-ring (bicyclic) bond motifs is 4. The highest BCUT2D eigenvalue weighted by molar-refractivity contribution is 6.74. The van der Waals surface area contributed by atoms with Crippen LogP contribution < -0.4 is 0 Å². The summed E-state index contributed by atoms with van der Waals surface area (Å²) in [4.78, 5) is 4.94. The average Bonchev–Trinajstić information content (AvgIpc) is 3.12. The third-order valence-corrected chi connectivity index (χ3v) is 13.9. The van der Waals surface area contributed by atoms with Crippen LogP contribution >= 0.6 is 11.6 Å². The van der Waals surface area contributed by atoms with Gasteiger partial charge in [-0.2, -0.15) is 13.2 Å². The van der Waals surface area contributed by atoms with E-state index in [4.69, 9.17) is 30.5 Å². The van der Waals surface area contributed by atoms with E-state index in [1.165, 1.54) is 12.1 Å². The minimum Gasteiger partial charge on any atom is -0.410 e. The summed E-state index contributed by atoms with van der Waals surface area (Å²) in [5, 5.41) is 0.383. The van der Waals surface area contributed by atoms with Crippen molar-refractivity contribution in [2.45, 2.75) is 102 Å². The fourth-order valence-electron chi connectivity index (χ4n) is 6.10. The van der Waals surface area contributed by atoms with Crippen LogP contribution in [0.3, 0.4) is 0 Å². The molecule has 0 amide bonds. The second-order valence-corrected chi connectivity index (χ2v) is 18.8. The number of nitrogens with zero attached hydrogens (tertiary/aromatic N) is 1. The largest absolute Gasteiger partial charge is 0.416 e. The number of hydrogen-bond acceptors (Lipinski definition) is 4. The summed E-state index contributed by atoms with van der Waals surface area (Å²) in [7, 11) is -2.17. The van der Waals surface area contributed by atoms with Crippen molar-refractivity contribution in [3.05, 3.63) is 62.9 Å². The van der Waals surface area contributed by atoms with Crippen molar-refractivity contribution in [2.24, 2.45) is 5.41 Å². The molecule has 39 heavy (non-hydrogen) atoms. The van der Waals surface area contributed by atoms with Crippen molar-refractivity contribution in [3.63, 3.8) is 0 Å². The van der Waals surface area contributed by atoms with Gasteiger partial charge in [-0.05, 0) is 54.1 Å². The van der Waals surface area contributed by atoms with Gasteiger partial charge in [0.05, 0.1) is 17.3 Å². The number of pyridine rings is 1. The molecule has 4 nitrogen and oxygen atoms in total. The molecule has 0 radical (unpaired) electrons. The zero-order valence-electron chi connectivity index (χ0n) is 23.9. The predicted octanol–water partition coefficient (Wildman–Crippen LogP) is 8.91. The Morgan fingerprint density at radius 2 is 1.64 bits per heavy atom. The Morgan fingerprint density at radius 1 is 1.03 bits per heavy atom. The van der Waals surface area contributed by atoms with Gasteiger partial charge in [-0.3, -0.25) is 0 Å². The van der Waals surface area contributed by atoms with Gasteiger partial charge in [-0.15, -0.1) is 0 Å². The Labute approximate surface area is 235 Å². The summed E-state index contributed by atoms with van der Waals surface area (Å²) >= 11 is 6.97. The first-order chi connectivity index (χ1) is 17.9. The predicted molar refractivity (Wildman–Crippen MR) is 148 cm³/mol. The number of alkyl halides is 3. The summed E-state index contributed by atoms with van der Waals surface area (Å²) < 4.78 is 59.7. The van der Waals surface area contributed by atoms with Crippen molar-refractivity contribution in [2.75, 3.05) is 13.2 Å². The maximum atomic E-state index is 13.3. The lowest BCUT2D eigenvalue weighted by atomic mass is 9.70. The number of benzene rings is 1. The fraction of sp³-hybridized carbons (Fsp3) is 0.633. The topological polar surface area (TPSA) is 40.6 Å². The van der Waals surface area contributed by atoms with E-state index in [1.807, 2.05) is 0 Å². The Morgan fingerprint density at radius 3 is 2.21 bits per heavy atom. The molecule has 1 aliphatic carbocycles.